The zero-order chi connectivity index (χ0) is 9.84. The summed E-state index contributed by atoms with van der Waals surface area (Å²) in [6, 6.07) is 0. The fourth-order valence-electron chi connectivity index (χ4n) is 0.962. The quantitative estimate of drug-likeness (QED) is 0.496. The molecule has 1 fully saturated rings. The number of allylic oxidation sites excluding steroid dienone is 3. The minimum Gasteiger partial charge on any atom is -0.394 e. The summed E-state index contributed by atoms with van der Waals surface area (Å²) in [5.41, 5.74) is 10.1. The van der Waals surface area contributed by atoms with Crippen LogP contribution in [0.1, 0.15) is 12.8 Å². The highest BCUT2D eigenvalue weighted by molar-refractivity contribution is 5.91. The Morgan fingerprint density at radius 1 is 1.54 bits per heavy atom. The molecule has 1 aliphatic rings. The summed E-state index contributed by atoms with van der Waals surface area (Å²) in [4.78, 5) is 10.4. The Kier molecular flexibility index (Phi) is 3.06. The number of rotatable bonds is 4. The van der Waals surface area contributed by atoms with Crippen LogP contribution in [-0.2, 0) is 4.79 Å². The van der Waals surface area contributed by atoms with Crippen molar-refractivity contribution in [2.24, 2.45) is 17.4 Å². The number of carbonyl (C=O) groups is 1. The van der Waals surface area contributed by atoms with Gasteiger partial charge in [-0.25, -0.2) is 4.39 Å². The van der Waals surface area contributed by atoms with Crippen LogP contribution in [0.3, 0.4) is 0 Å². The monoisotopic (exact) mass is 184 g/mol. The van der Waals surface area contributed by atoms with Crippen LogP contribution in [0.15, 0.2) is 23.9 Å². The minimum absolute atomic E-state index is 0.0174. The van der Waals surface area contributed by atoms with Crippen molar-refractivity contribution in [3.8, 4) is 0 Å². The van der Waals surface area contributed by atoms with Crippen LogP contribution in [0, 0.1) is 5.92 Å². The van der Waals surface area contributed by atoms with Gasteiger partial charge in [0.2, 0.25) is 0 Å². The Labute approximate surface area is 76.3 Å². The summed E-state index contributed by atoms with van der Waals surface area (Å²) in [5.74, 6) is -0.473. The summed E-state index contributed by atoms with van der Waals surface area (Å²) in [6.45, 7) is 0. The van der Waals surface area contributed by atoms with Crippen LogP contribution >= 0.6 is 0 Å². The van der Waals surface area contributed by atoms with Gasteiger partial charge in [0, 0.05) is 0 Å². The van der Waals surface area contributed by atoms with E-state index in [-0.39, 0.29) is 11.6 Å². The molecule has 1 aliphatic carbocycles. The number of carbonyl (C=O) groups excluding carboxylic acids is 1. The van der Waals surface area contributed by atoms with Gasteiger partial charge in [-0.15, -0.1) is 0 Å². The van der Waals surface area contributed by atoms with E-state index in [9.17, 15) is 9.18 Å². The Bertz CT molecular complexity index is 260. The predicted octanol–water partition coefficient (Wildman–Crippen LogP) is 0.619. The lowest BCUT2D eigenvalue weighted by Crippen LogP contribution is -2.19. The highest BCUT2D eigenvalue weighted by Gasteiger charge is 2.35. The number of halogens is 1. The van der Waals surface area contributed by atoms with Gasteiger partial charge >= 0.3 is 0 Å². The van der Waals surface area contributed by atoms with E-state index in [1.165, 1.54) is 6.08 Å². The van der Waals surface area contributed by atoms with Gasteiger partial charge in [0.25, 0.3) is 5.91 Å². The van der Waals surface area contributed by atoms with Crippen LogP contribution in [0.25, 0.3) is 0 Å². The molecule has 1 amide bonds. The number of primary amides is 1. The van der Waals surface area contributed by atoms with Crippen molar-refractivity contribution in [3.63, 3.8) is 0 Å². The standard InChI is InChI=1S/C9H13FN2O/c10-7-5-6(7)3-1-2-4-8(11)9(12)13/h1-2,4,6-7H,3,5,11H2,(H2,12,13)/b2-1-,8-4+/t6-,7-/m1/s1. The van der Waals surface area contributed by atoms with Crippen molar-refractivity contribution in [1.82, 2.24) is 0 Å². The third-order valence-corrected chi connectivity index (χ3v) is 1.97. The fraction of sp³-hybridized carbons (Fsp3) is 0.444. The summed E-state index contributed by atoms with van der Waals surface area (Å²) in [6.07, 6.45) is 5.56. The Hall–Kier alpha value is -1.32. The van der Waals surface area contributed by atoms with Crippen molar-refractivity contribution in [2.45, 2.75) is 19.0 Å². The second kappa shape index (κ2) is 4.07. The first-order chi connectivity index (χ1) is 6.11. The molecule has 0 bridgehead atoms. The third kappa shape index (κ3) is 3.27. The maximum atomic E-state index is 12.3. The topological polar surface area (TPSA) is 69.1 Å². The molecule has 0 saturated heterocycles. The SMILES string of the molecule is NC(=O)/C(N)=C\C=C/C[C@@H]1C[C@H]1F. The van der Waals surface area contributed by atoms with Gasteiger partial charge < -0.3 is 11.5 Å². The summed E-state index contributed by atoms with van der Waals surface area (Å²) in [5, 5.41) is 0. The molecule has 0 radical (unpaired) electrons. The first kappa shape index (κ1) is 9.77. The van der Waals surface area contributed by atoms with E-state index in [0.717, 1.165) is 0 Å². The van der Waals surface area contributed by atoms with Gasteiger partial charge in [-0.2, -0.15) is 0 Å². The van der Waals surface area contributed by atoms with Crippen molar-refractivity contribution in [1.29, 1.82) is 0 Å². The van der Waals surface area contributed by atoms with Crippen molar-refractivity contribution >= 4 is 5.91 Å². The predicted molar refractivity (Wildman–Crippen MR) is 48.2 cm³/mol. The summed E-state index contributed by atoms with van der Waals surface area (Å²) < 4.78 is 12.3. The normalized spacial score (nSPS) is 27.9. The zero-order valence-corrected chi connectivity index (χ0v) is 7.24. The molecule has 0 spiro atoms. The average Bonchev–Trinajstić information content (AvgIpc) is 2.75. The maximum absolute atomic E-state index is 12.3. The molecule has 2 atom stereocenters. The molecular weight excluding hydrogens is 171 g/mol. The van der Waals surface area contributed by atoms with E-state index in [4.69, 9.17) is 11.5 Å². The van der Waals surface area contributed by atoms with Crippen molar-refractivity contribution < 1.29 is 9.18 Å². The largest absolute Gasteiger partial charge is 0.394 e. The average molecular weight is 184 g/mol. The van der Waals surface area contributed by atoms with Gasteiger partial charge in [-0.3, -0.25) is 4.79 Å². The summed E-state index contributed by atoms with van der Waals surface area (Å²) in [7, 11) is 0. The highest BCUT2D eigenvalue weighted by atomic mass is 19.1. The Balaban J connectivity index is 2.24. The molecule has 4 heteroatoms. The van der Waals surface area contributed by atoms with Gasteiger partial charge in [0.05, 0.1) is 5.70 Å². The fourth-order valence-corrected chi connectivity index (χ4v) is 0.962. The Morgan fingerprint density at radius 2 is 2.15 bits per heavy atom. The Morgan fingerprint density at radius 3 is 2.62 bits per heavy atom. The first-order valence-electron chi connectivity index (χ1n) is 4.17. The van der Waals surface area contributed by atoms with Gasteiger partial charge in [-0.05, 0) is 24.8 Å². The molecule has 0 unspecified atom stereocenters. The lowest BCUT2D eigenvalue weighted by molar-refractivity contribution is -0.114. The maximum Gasteiger partial charge on any atom is 0.264 e. The van der Waals surface area contributed by atoms with Gasteiger partial charge in [0.1, 0.15) is 6.17 Å². The summed E-state index contributed by atoms with van der Waals surface area (Å²) >= 11 is 0. The van der Waals surface area contributed by atoms with E-state index in [2.05, 4.69) is 0 Å². The van der Waals surface area contributed by atoms with Gasteiger partial charge in [-0.1, -0.05) is 12.2 Å². The second-order valence-corrected chi connectivity index (χ2v) is 3.16. The van der Waals surface area contributed by atoms with Crippen LogP contribution in [0.5, 0.6) is 0 Å². The molecule has 1 saturated carbocycles. The molecule has 72 valence electrons. The number of amides is 1. The molecule has 0 aliphatic heterocycles. The highest BCUT2D eigenvalue weighted by Crippen LogP contribution is 2.36. The lowest BCUT2D eigenvalue weighted by Gasteiger charge is -1.89. The molecule has 1 rings (SSSR count). The number of nitrogens with two attached hydrogens (primary N) is 2. The number of hydrogen-bond donors (Lipinski definition) is 2. The molecule has 0 aromatic carbocycles. The molecule has 0 heterocycles. The van der Waals surface area contributed by atoms with E-state index >= 15 is 0 Å². The molecular formula is C9H13FN2O. The first-order valence-corrected chi connectivity index (χ1v) is 4.17. The van der Waals surface area contributed by atoms with E-state index in [1.54, 1.807) is 12.2 Å². The van der Waals surface area contributed by atoms with Crippen molar-refractivity contribution in [3.05, 3.63) is 23.9 Å². The molecule has 0 aromatic rings. The van der Waals surface area contributed by atoms with Crippen LogP contribution in [0.2, 0.25) is 0 Å². The molecule has 3 nitrogen and oxygen atoms in total. The lowest BCUT2D eigenvalue weighted by atomic mass is 10.2. The van der Waals surface area contributed by atoms with Gasteiger partial charge in [0.15, 0.2) is 0 Å². The van der Waals surface area contributed by atoms with E-state index in [1.807, 2.05) is 0 Å². The van der Waals surface area contributed by atoms with Crippen LogP contribution < -0.4 is 11.5 Å². The minimum atomic E-state index is -0.639. The van der Waals surface area contributed by atoms with E-state index in [0.29, 0.717) is 12.8 Å². The van der Waals surface area contributed by atoms with Crippen molar-refractivity contribution in [2.75, 3.05) is 0 Å². The number of hydrogen-bond acceptors (Lipinski definition) is 2. The molecule has 13 heavy (non-hydrogen) atoms. The van der Waals surface area contributed by atoms with Crippen LogP contribution in [-0.4, -0.2) is 12.1 Å². The molecule has 0 aromatic heterocycles. The zero-order valence-electron chi connectivity index (χ0n) is 7.24. The number of alkyl halides is 1. The molecule has 4 N–H and O–H groups in total. The third-order valence-electron chi connectivity index (χ3n) is 1.97. The van der Waals surface area contributed by atoms with Crippen LogP contribution in [0.4, 0.5) is 4.39 Å². The smallest absolute Gasteiger partial charge is 0.264 e. The van der Waals surface area contributed by atoms with E-state index < -0.39 is 12.1 Å². The second-order valence-electron chi connectivity index (χ2n) is 3.16.